The highest BCUT2D eigenvalue weighted by Gasteiger charge is 2.28. The second-order valence-electron chi connectivity index (χ2n) is 5.81. The largest absolute Gasteiger partial charge is 0.354 e. The zero-order valence-corrected chi connectivity index (χ0v) is 12.9. The van der Waals surface area contributed by atoms with E-state index in [0.717, 1.165) is 5.56 Å². The molecule has 3 amide bonds. The molecule has 2 N–H and O–H groups in total. The molecule has 1 aromatic carbocycles. The molecule has 1 heterocycles. The van der Waals surface area contributed by atoms with Gasteiger partial charge >= 0.3 is 6.03 Å². The minimum absolute atomic E-state index is 0.0520. The van der Waals surface area contributed by atoms with Gasteiger partial charge < -0.3 is 15.5 Å². The van der Waals surface area contributed by atoms with E-state index in [1.54, 1.807) is 11.0 Å². The maximum Gasteiger partial charge on any atom is 0.317 e. The van der Waals surface area contributed by atoms with Gasteiger partial charge in [0.2, 0.25) is 5.91 Å². The highest BCUT2D eigenvalue weighted by molar-refractivity contribution is 5.78. The zero-order valence-electron chi connectivity index (χ0n) is 12.9. The van der Waals surface area contributed by atoms with Crippen LogP contribution in [-0.2, 0) is 11.2 Å². The highest BCUT2D eigenvalue weighted by atomic mass is 19.1. The molecule has 0 aromatic heterocycles. The van der Waals surface area contributed by atoms with Gasteiger partial charge in [-0.15, -0.1) is 0 Å². The van der Waals surface area contributed by atoms with Gasteiger partial charge in [0.05, 0.1) is 6.04 Å². The van der Waals surface area contributed by atoms with Crippen molar-refractivity contribution in [2.24, 2.45) is 5.92 Å². The van der Waals surface area contributed by atoms with Crippen molar-refractivity contribution in [2.45, 2.75) is 26.3 Å². The number of halogens is 1. The third kappa shape index (κ3) is 4.19. The molecule has 2 rings (SSSR count). The Hall–Kier alpha value is -2.11. The van der Waals surface area contributed by atoms with Crippen molar-refractivity contribution < 1.29 is 14.0 Å². The van der Waals surface area contributed by atoms with Crippen LogP contribution in [0.2, 0.25) is 0 Å². The first-order valence-corrected chi connectivity index (χ1v) is 7.54. The molecule has 1 saturated heterocycles. The van der Waals surface area contributed by atoms with E-state index >= 15 is 0 Å². The van der Waals surface area contributed by atoms with Crippen molar-refractivity contribution >= 4 is 11.9 Å². The lowest BCUT2D eigenvalue weighted by molar-refractivity contribution is -0.124. The lowest BCUT2D eigenvalue weighted by Gasteiger charge is -2.27. The smallest absolute Gasteiger partial charge is 0.317 e. The molecule has 1 atom stereocenters. The number of rotatable bonds is 6. The van der Waals surface area contributed by atoms with E-state index in [-0.39, 0.29) is 29.7 Å². The summed E-state index contributed by atoms with van der Waals surface area (Å²) in [5, 5.41) is 5.62. The highest BCUT2D eigenvalue weighted by Crippen LogP contribution is 2.13. The molecule has 0 spiro atoms. The fraction of sp³-hybridized carbons (Fsp3) is 0.500. The first-order valence-electron chi connectivity index (χ1n) is 7.54. The quantitative estimate of drug-likeness (QED) is 0.837. The van der Waals surface area contributed by atoms with E-state index in [1.165, 1.54) is 12.1 Å². The van der Waals surface area contributed by atoms with E-state index in [9.17, 15) is 14.0 Å². The maximum absolute atomic E-state index is 13.3. The number of hydrogen-bond donors (Lipinski definition) is 2. The Bertz CT molecular complexity index is 548. The lowest BCUT2D eigenvalue weighted by Crippen LogP contribution is -2.47. The van der Waals surface area contributed by atoms with Crippen molar-refractivity contribution in [2.75, 3.05) is 19.6 Å². The van der Waals surface area contributed by atoms with Gasteiger partial charge in [-0.2, -0.15) is 0 Å². The minimum atomic E-state index is -0.298. The summed E-state index contributed by atoms with van der Waals surface area (Å²) in [6.45, 7) is 5.19. The van der Waals surface area contributed by atoms with E-state index in [0.29, 0.717) is 26.1 Å². The van der Waals surface area contributed by atoms with Crippen LogP contribution in [0.5, 0.6) is 0 Å². The number of nitrogens with one attached hydrogen (secondary N) is 2. The maximum atomic E-state index is 13.3. The Morgan fingerprint density at radius 1 is 1.45 bits per heavy atom. The second-order valence-corrected chi connectivity index (χ2v) is 5.81. The van der Waals surface area contributed by atoms with Crippen LogP contribution in [0.3, 0.4) is 0 Å². The summed E-state index contributed by atoms with van der Waals surface area (Å²) in [6.07, 6.45) is 0.504. The summed E-state index contributed by atoms with van der Waals surface area (Å²) < 4.78 is 13.3. The SMILES string of the molecule is CC(C)C(=O)NCC(Cc1cccc(F)c1)N1CCNC1=O. The summed E-state index contributed by atoms with van der Waals surface area (Å²) in [5.41, 5.74) is 0.809. The molecule has 0 saturated carbocycles. The van der Waals surface area contributed by atoms with Gasteiger partial charge in [0.1, 0.15) is 5.82 Å². The van der Waals surface area contributed by atoms with Crippen LogP contribution in [0.25, 0.3) is 0 Å². The predicted molar refractivity (Wildman–Crippen MR) is 81.8 cm³/mol. The number of benzene rings is 1. The minimum Gasteiger partial charge on any atom is -0.354 e. The summed E-state index contributed by atoms with van der Waals surface area (Å²) in [6, 6.07) is 6.01. The molecule has 5 nitrogen and oxygen atoms in total. The van der Waals surface area contributed by atoms with Crippen LogP contribution in [0.15, 0.2) is 24.3 Å². The van der Waals surface area contributed by atoms with E-state index < -0.39 is 0 Å². The summed E-state index contributed by atoms with van der Waals surface area (Å²) in [5.74, 6) is -0.459. The third-order valence-corrected chi connectivity index (χ3v) is 3.73. The van der Waals surface area contributed by atoms with Crippen LogP contribution in [0.4, 0.5) is 9.18 Å². The van der Waals surface area contributed by atoms with Gasteiger partial charge in [-0.1, -0.05) is 26.0 Å². The van der Waals surface area contributed by atoms with Crippen LogP contribution in [-0.4, -0.2) is 42.5 Å². The Labute approximate surface area is 129 Å². The number of urea groups is 1. The molecule has 0 radical (unpaired) electrons. The average Bonchev–Trinajstić information content (AvgIpc) is 2.89. The van der Waals surface area contributed by atoms with Crippen LogP contribution in [0.1, 0.15) is 19.4 Å². The molecule has 1 aliphatic heterocycles. The third-order valence-electron chi connectivity index (χ3n) is 3.73. The van der Waals surface area contributed by atoms with E-state index in [4.69, 9.17) is 0 Å². The molecule has 1 unspecified atom stereocenters. The molecule has 1 aliphatic rings. The molecule has 22 heavy (non-hydrogen) atoms. The van der Waals surface area contributed by atoms with Gasteiger partial charge in [-0.05, 0) is 24.1 Å². The molecule has 6 heteroatoms. The number of carbonyl (C=O) groups excluding carboxylic acids is 2. The van der Waals surface area contributed by atoms with E-state index in [1.807, 2.05) is 19.9 Å². The first-order chi connectivity index (χ1) is 10.5. The number of hydrogen-bond acceptors (Lipinski definition) is 2. The number of amides is 3. The van der Waals surface area contributed by atoms with Gasteiger partial charge in [0, 0.05) is 25.6 Å². The van der Waals surface area contributed by atoms with Crippen LogP contribution < -0.4 is 10.6 Å². The molecule has 0 bridgehead atoms. The number of nitrogens with zero attached hydrogens (tertiary/aromatic N) is 1. The lowest BCUT2D eigenvalue weighted by atomic mass is 10.0. The standard InChI is InChI=1S/C16H22FN3O2/c1-11(2)15(21)19-10-14(20-7-6-18-16(20)22)9-12-4-3-5-13(17)8-12/h3-5,8,11,14H,6-7,9-10H2,1-2H3,(H,18,22)(H,19,21). The Balaban J connectivity index is 2.07. The van der Waals surface area contributed by atoms with Crippen molar-refractivity contribution in [3.8, 4) is 0 Å². The summed E-state index contributed by atoms with van der Waals surface area (Å²) in [7, 11) is 0. The van der Waals surface area contributed by atoms with Gasteiger partial charge in [0.25, 0.3) is 0 Å². The van der Waals surface area contributed by atoms with Crippen molar-refractivity contribution in [1.29, 1.82) is 0 Å². The molecular weight excluding hydrogens is 285 g/mol. The Morgan fingerprint density at radius 2 is 2.23 bits per heavy atom. The first kappa shape index (κ1) is 16.3. The fourth-order valence-corrected chi connectivity index (χ4v) is 2.49. The van der Waals surface area contributed by atoms with Crippen LogP contribution >= 0.6 is 0 Å². The normalized spacial score (nSPS) is 15.8. The van der Waals surface area contributed by atoms with Crippen LogP contribution in [0, 0.1) is 11.7 Å². The van der Waals surface area contributed by atoms with Gasteiger partial charge in [-0.25, -0.2) is 9.18 Å². The monoisotopic (exact) mass is 307 g/mol. The molecule has 1 aromatic rings. The predicted octanol–water partition coefficient (Wildman–Crippen LogP) is 1.53. The topological polar surface area (TPSA) is 61.4 Å². The summed E-state index contributed by atoms with van der Waals surface area (Å²) >= 11 is 0. The van der Waals surface area contributed by atoms with Crippen molar-refractivity contribution in [3.63, 3.8) is 0 Å². The molecule has 120 valence electrons. The van der Waals surface area contributed by atoms with Gasteiger partial charge in [-0.3, -0.25) is 4.79 Å². The second kappa shape index (κ2) is 7.24. The summed E-state index contributed by atoms with van der Waals surface area (Å²) in [4.78, 5) is 25.3. The van der Waals surface area contributed by atoms with Crippen molar-refractivity contribution in [1.82, 2.24) is 15.5 Å². The molecular formula is C16H22FN3O2. The van der Waals surface area contributed by atoms with E-state index in [2.05, 4.69) is 10.6 Å². The van der Waals surface area contributed by atoms with Crippen molar-refractivity contribution in [3.05, 3.63) is 35.6 Å². The average molecular weight is 307 g/mol. The van der Waals surface area contributed by atoms with Gasteiger partial charge in [0.15, 0.2) is 0 Å². The number of carbonyl (C=O) groups is 2. The zero-order chi connectivity index (χ0) is 16.1. The fourth-order valence-electron chi connectivity index (χ4n) is 2.49. The molecule has 1 fully saturated rings. The molecule has 0 aliphatic carbocycles. The Morgan fingerprint density at radius 3 is 2.82 bits per heavy atom. The Kier molecular flexibility index (Phi) is 5.35.